The van der Waals surface area contributed by atoms with E-state index in [4.69, 9.17) is 9.05 Å². The van der Waals surface area contributed by atoms with Crippen LogP contribution in [0.15, 0.2) is 36.5 Å². The second-order valence-corrected chi connectivity index (χ2v) is 28.8. The maximum absolute atomic E-state index is 13.0. The SMILES string of the molecule is CCCCCCC/C=C\C/C=C\CCCCCCCCCCCCCCCCCCCCCCCCCCCCCCCC(=O)NC(COP(=O)([O-])OCC[N+](C)(C)C)C(O)/C=C/CCCCCCCCCCCCCCCCCCCCCC. The van der Waals surface area contributed by atoms with Gasteiger partial charge in [-0.15, -0.1) is 0 Å². The monoisotopic (exact) mass is 1220 g/mol. The first-order valence-electron chi connectivity index (χ1n) is 37.9. The Labute approximate surface area is 531 Å². The molecule has 9 heteroatoms. The summed E-state index contributed by atoms with van der Waals surface area (Å²) >= 11 is 0. The minimum Gasteiger partial charge on any atom is -0.756 e. The molecule has 0 bridgehead atoms. The van der Waals surface area contributed by atoms with E-state index in [9.17, 15) is 19.4 Å². The van der Waals surface area contributed by atoms with Crippen molar-refractivity contribution < 1.29 is 32.9 Å². The van der Waals surface area contributed by atoms with Gasteiger partial charge >= 0.3 is 0 Å². The van der Waals surface area contributed by atoms with Crippen molar-refractivity contribution in [2.45, 2.75) is 405 Å². The first-order chi connectivity index (χ1) is 41.5. The number of aliphatic hydroxyl groups is 1. The molecule has 2 N–H and O–H groups in total. The zero-order chi connectivity index (χ0) is 61.9. The van der Waals surface area contributed by atoms with Gasteiger partial charge in [-0.25, -0.2) is 0 Å². The molecule has 0 heterocycles. The minimum absolute atomic E-state index is 0.00188. The molecule has 0 rings (SSSR count). The Bertz CT molecular complexity index is 1480. The predicted octanol–water partition coefficient (Wildman–Crippen LogP) is 23.8. The molecule has 85 heavy (non-hydrogen) atoms. The molecule has 3 atom stereocenters. The molecule has 0 fully saturated rings. The molecular formula is C76H149N2O6P. The predicted molar refractivity (Wildman–Crippen MR) is 372 cm³/mol. The van der Waals surface area contributed by atoms with Gasteiger partial charge in [0.1, 0.15) is 13.2 Å². The van der Waals surface area contributed by atoms with E-state index in [0.717, 1.165) is 44.9 Å². The van der Waals surface area contributed by atoms with Gasteiger partial charge in [0.05, 0.1) is 39.9 Å². The molecule has 0 aliphatic heterocycles. The lowest BCUT2D eigenvalue weighted by Crippen LogP contribution is -2.45. The molecule has 1 amide bonds. The van der Waals surface area contributed by atoms with Gasteiger partial charge in [0, 0.05) is 6.42 Å². The molecule has 0 aromatic heterocycles. The molecule has 0 spiro atoms. The van der Waals surface area contributed by atoms with Crippen molar-refractivity contribution >= 4 is 13.7 Å². The highest BCUT2D eigenvalue weighted by molar-refractivity contribution is 7.45. The van der Waals surface area contributed by atoms with Crippen LogP contribution < -0.4 is 10.2 Å². The second kappa shape index (κ2) is 67.1. The number of unbranched alkanes of at least 4 members (excludes halogenated alkanes) is 54. The van der Waals surface area contributed by atoms with E-state index >= 15 is 0 Å². The average molecular weight is 1220 g/mol. The fourth-order valence-electron chi connectivity index (χ4n) is 11.7. The zero-order valence-corrected chi connectivity index (χ0v) is 58.7. The lowest BCUT2D eigenvalue weighted by molar-refractivity contribution is -0.870. The molecule has 0 aromatic rings. The number of rotatable bonds is 71. The Morgan fingerprint density at radius 3 is 0.976 bits per heavy atom. The summed E-state index contributed by atoms with van der Waals surface area (Å²) in [6.45, 7) is 4.70. The molecule has 0 aromatic carbocycles. The molecule has 0 saturated heterocycles. The van der Waals surface area contributed by atoms with Crippen LogP contribution in [0.2, 0.25) is 0 Å². The van der Waals surface area contributed by atoms with Crippen LogP contribution >= 0.6 is 7.82 Å². The van der Waals surface area contributed by atoms with Crippen LogP contribution in [-0.2, 0) is 18.4 Å². The van der Waals surface area contributed by atoms with Crippen LogP contribution in [0.25, 0.3) is 0 Å². The Morgan fingerprint density at radius 2 is 0.682 bits per heavy atom. The van der Waals surface area contributed by atoms with E-state index < -0.39 is 20.0 Å². The number of hydrogen-bond acceptors (Lipinski definition) is 6. The number of nitrogens with one attached hydrogen (secondary N) is 1. The normalized spacial score (nSPS) is 13.7. The van der Waals surface area contributed by atoms with Crippen molar-refractivity contribution in [2.75, 3.05) is 40.9 Å². The maximum Gasteiger partial charge on any atom is 0.268 e. The van der Waals surface area contributed by atoms with E-state index in [-0.39, 0.29) is 19.1 Å². The highest BCUT2D eigenvalue weighted by Crippen LogP contribution is 2.38. The van der Waals surface area contributed by atoms with E-state index in [1.54, 1.807) is 6.08 Å². The number of aliphatic hydroxyl groups excluding tert-OH is 1. The fourth-order valence-corrected chi connectivity index (χ4v) is 12.4. The smallest absolute Gasteiger partial charge is 0.268 e. The summed E-state index contributed by atoms with van der Waals surface area (Å²) < 4.78 is 23.5. The van der Waals surface area contributed by atoms with Crippen molar-refractivity contribution in [3.8, 4) is 0 Å². The Kier molecular flexibility index (Phi) is 66.1. The lowest BCUT2D eigenvalue weighted by Gasteiger charge is -2.29. The van der Waals surface area contributed by atoms with E-state index in [1.807, 2.05) is 27.2 Å². The summed E-state index contributed by atoms with van der Waals surface area (Å²) in [5, 5.41) is 14.0. The number of phosphoric ester groups is 1. The number of nitrogens with zero attached hydrogens (tertiary/aromatic N) is 1. The topological polar surface area (TPSA) is 108 Å². The van der Waals surface area contributed by atoms with Gasteiger partial charge in [-0.1, -0.05) is 371 Å². The van der Waals surface area contributed by atoms with Crippen LogP contribution in [0.5, 0.6) is 0 Å². The summed E-state index contributed by atoms with van der Waals surface area (Å²) in [4.78, 5) is 25.6. The molecular weight excluding hydrogens is 1070 g/mol. The molecule has 0 aliphatic carbocycles. The van der Waals surface area contributed by atoms with Crippen LogP contribution in [-0.4, -0.2) is 68.5 Å². The standard InChI is InChI=1S/C76H149N2O6P/c1-6-8-10-12-14-16-18-20-22-24-26-28-30-31-32-33-34-35-36-37-38-39-40-41-42-43-44-45-46-47-48-50-52-54-56-58-60-62-64-66-68-70-76(80)77-74(73-84-85(81,82)83-72-71-78(3,4)5)75(79)69-67-65-63-61-59-57-55-53-51-49-29-27-25-23-21-19-17-15-13-11-9-7-2/h18,20,24,26,67,69,74-75,79H,6-17,19,21-23,25,27-66,68,70-73H2,1-5H3,(H-,77,80,81,82)/b20-18-,26-24-,69-67+. The van der Waals surface area contributed by atoms with Crippen LogP contribution in [0.1, 0.15) is 393 Å². The quantitative estimate of drug-likeness (QED) is 0.0272. The van der Waals surface area contributed by atoms with Gasteiger partial charge in [0.15, 0.2) is 0 Å². The zero-order valence-electron chi connectivity index (χ0n) is 57.8. The summed E-state index contributed by atoms with van der Waals surface area (Å²) in [6, 6.07) is -0.885. The van der Waals surface area contributed by atoms with Crippen molar-refractivity contribution in [1.82, 2.24) is 5.32 Å². The van der Waals surface area contributed by atoms with Gasteiger partial charge < -0.3 is 28.8 Å². The number of quaternary nitrogens is 1. The third kappa shape index (κ3) is 70.0. The number of carbonyl (C=O) groups is 1. The molecule has 0 radical (unpaired) electrons. The lowest BCUT2D eigenvalue weighted by atomic mass is 10.0. The third-order valence-corrected chi connectivity index (χ3v) is 18.6. The molecule has 504 valence electrons. The number of allylic oxidation sites excluding steroid dienone is 5. The highest BCUT2D eigenvalue weighted by atomic mass is 31.2. The first-order valence-corrected chi connectivity index (χ1v) is 39.3. The fraction of sp³-hybridized carbons (Fsp3) is 0.908. The number of amides is 1. The van der Waals surface area contributed by atoms with Crippen LogP contribution in [0.4, 0.5) is 0 Å². The van der Waals surface area contributed by atoms with E-state index in [0.29, 0.717) is 17.4 Å². The third-order valence-electron chi connectivity index (χ3n) is 17.6. The number of carbonyl (C=O) groups excluding carboxylic acids is 1. The van der Waals surface area contributed by atoms with Gasteiger partial charge in [0.25, 0.3) is 7.82 Å². The number of hydrogen-bond donors (Lipinski definition) is 2. The number of phosphoric acid groups is 1. The summed E-state index contributed by atoms with van der Waals surface area (Å²) in [5.41, 5.74) is 0. The Balaban J connectivity index is 3.89. The van der Waals surface area contributed by atoms with Crippen molar-refractivity contribution in [1.29, 1.82) is 0 Å². The van der Waals surface area contributed by atoms with Gasteiger partial charge in [-0.05, 0) is 51.4 Å². The average Bonchev–Trinajstić information content (AvgIpc) is 3.48. The molecule has 3 unspecified atom stereocenters. The highest BCUT2D eigenvalue weighted by Gasteiger charge is 2.23. The molecule has 8 nitrogen and oxygen atoms in total. The van der Waals surface area contributed by atoms with Gasteiger partial charge in [0.2, 0.25) is 5.91 Å². The van der Waals surface area contributed by atoms with Crippen molar-refractivity contribution in [2.24, 2.45) is 0 Å². The van der Waals surface area contributed by atoms with Crippen LogP contribution in [0.3, 0.4) is 0 Å². The summed E-state index contributed by atoms with van der Waals surface area (Å²) in [7, 11) is 1.28. The summed E-state index contributed by atoms with van der Waals surface area (Å²) in [6.07, 6.45) is 90.1. The van der Waals surface area contributed by atoms with Gasteiger partial charge in [-0.2, -0.15) is 0 Å². The Morgan fingerprint density at radius 1 is 0.412 bits per heavy atom. The van der Waals surface area contributed by atoms with E-state index in [2.05, 4.69) is 43.5 Å². The maximum atomic E-state index is 13.0. The minimum atomic E-state index is -4.60. The largest absolute Gasteiger partial charge is 0.756 e. The van der Waals surface area contributed by atoms with Crippen molar-refractivity contribution in [3.05, 3.63) is 36.5 Å². The second-order valence-electron chi connectivity index (χ2n) is 27.4. The number of likely N-dealkylation sites (N-methyl/N-ethyl adjacent to an activating group) is 1. The Hall–Kier alpha value is -1.28. The first kappa shape index (κ1) is 83.7. The molecule has 0 saturated carbocycles. The molecule has 0 aliphatic rings. The van der Waals surface area contributed by atoms with Crippen LogP contribution in [0, 0.1) is 0 Å². The summed E-state index contributed by atoms with van der Waals surface area (Å²) in [5.74, 6) is -0.188. The van der Waals surface area contributed by atoms with Gasteiger partial charge in [-0.3, -0.25) is 9.36 Å². The van der Waals surface area contributed by atoms with Crippen molar-refractivity contribution in [3.63, 3.8) is 0 Å². The van der Waals surface area contributed by atoms with E-state index in [1.165, 1.54) is 327 Å².